The summed E-state index contributed by atoms with van der Waals surface area (Å²) in [6.45, 7) is 4.88. The Morgan fingerprint density at radius 2 is 1.79 bits per heavy atom. The van der Waals surface area contributed by atoms with Gasteiger partial charge in [0.05, 0.1) is 24.5 Å². The summed E-state index contributed by atoms with van der Waals surface area (Å²) < 4.78 is 36.4. The van der Waals surface area contributed by atoms with Crippen LogP contribution in [0.4, 0.5) is 4.39 Å². The molecular weight excluding hydrogens is 397 g/mol. The number of hydrogen-bond donors (Lipinski definition) is 0. The molecule has 0 radical (unpaired) electrons. The van der Waals surface area contributed by atoms with E-state index < -0.39 is 9.84 Å². The number of benzene rings is 1. The number of nitrogens with zero attached hydrogens (tertiary/aromatic N) is 3. The lowest BCUT2D eigenvalue weighted by atomic mass is 10.1. The van der Waals surface area contributed by atoms with Gasteiger partial charge in [-0.3, -0.25) is 14.5 Å². The summed E-state index contributed by atoms with van der Waals surface area (Å²) in [5.74, 6) is -0.181. The number of sulfone groups is 1. The highest BCUT2D eigenvalue weighted by molar-refractivity contribution is 7.91. The highest BCUT2D eigenvalue weighted by Gasteiger charge is 2.34. The van der Waals surface area contributed by atoms with E-state index in [1.165, 1.54) is 12.1 Å². The Kier molecular flexibility index (Phi) is 6.89. The molecule has 3 rings (SSSR count). The van der Waals surface area contributed by atoms with Gasteiger partial charge in [0.15, 0.2) is 9.84 Å². The fraction of sp³-hybridized carbons (Fsp3) is 0.600. The van der Waals surface area contributed by atoms with Gasteiger partial charge >= 0.3 is 0 Å². The Bertz CT molecular complexity index is 836. The molecule has 1 unspecified atom stereocenters. The lowest BCUT2D eigenvalue weighted by molar-refractivity contribution is -0.135. The van der Waals surface area contributed by atoms with E-state index >= 15 is 0 Å². The van der Waals surface area contributed by atoms with Crippen LogP contribution in [-0.4, -0.2) is 91.7 Å². The zero-order chi connectivity index (χ0) is 21.0. The number of likely N-dealkylation sites (N-methyl/N-ethyl adjacent to an activating group) is 1. The number of carbonyl (C=O) groups excluding carboxylic acids is 2. The Morgan fingerprint density at radius 3 is 2.34 bits per heavy atom. The van der Waals surface area contributed by atoms with E-state index in [-0.39, 0.29) is 48.1 Å². The van der Waals surface area contributed by atoms with Crippen LogP contribution in [0.2, 0.25) is 0 Å². The van der Waals surface area contributed by atoms with Crippen molar-refractivity contribution in [2.45, 2.75) is 25.8 Å². The number of carbonyl (C=O) groups is 2. The lowest BCUT2D eigenvalue weighted by Gasteiger charge is -2.36. The van der Waals surface area contributed by atoms with Crippen LogP contribution in [-0.2, 0) is 25.8 Å². The molecule has 2 heterocycles. The van der Waals surface area contributed by atoms with E-state index in [0.29, 0.717) is 39.1 Å². The average Bonchev–Trinajstić information content (AvgIpc) is 3.04. The number of halogens is 1. The van der Waals surface area contributed by atoms with Crippen LogP contribution in [0, 0.1) is 5.82 Å². The molecule has 0 N–H and O–H groups in total. The number of hydrogen-bond acceptors (Lipinski definition) is 5. The van der Waals surface area contributed by atoms with Gasteiger partial charge in [-0.1, -0.05) is 12.1 Å². The van der Waals surface area contributed by atoms with Gasteiger partial charge in [-0.25, -0.2) is 12.8 Å². The van der Waals surface area contributed by atoms with E-state index in [9.17, 15) is 22.4 Å². The van der Waals surface area contributed by atoms with Crippen LogP contribution in [0.15, 0.2) is 24.3 Å². The molecule has 1 aromatic rings. The predicted molar refractivity (Wildman–Crippen MR) is 108 cm³/mol. The maximum absolute atomic E-state index is 13.0. The van der Waals surface area contributed by atoms with Crippen molar-refractivity contribution < 1.29 is 22.4 Å². The largest absolute Gasteiger partial charge is 0.340 e. The van der Waals surface area contributed by atoms with Crippen molar-refractivity contribution in [3.63, 3.8) is 0 Å². The van der Waals surface area contributed by atoms with Gasteiger partial charge in [-0.15, -0.1) is 0 Å². The van der Waals surface area contributed by atoms with E-state index in [0.717, 1.165) is 5.56 Å². The van der Waals surface area contributed by atoms with Crippen molar-refractivity contribution in [3.05, 3.63) is 35.6 Å². The summed E-state index contributed by atoms with van der Waals surface area (Å²) in [6.07, 6.45) is 0.743. The molecule has 0 aromatic heterocycles. The van der Waals surface area contributed by atoms with Crippen LogP contribution >= 0.6 is 0 Å². The number of piperazine rings is 1. The molecule has 1 atom stereocenters. The van der Waals surface area contributed by atoms with Crippen molar-refractivity contribution in [1.82, 2.24) is 14.7 Å². The smallest absolute Gasteiger partial charge is 0.237 e. The standard InChI is InChI=1S/C20H28FN3O4S/c1-2-24(18-7-12-29(27,28)15-18)20(26)14-22-8-10-23(11-9-22)19(25)13-16-3-5-17(21)6-4-16/h3-6,18H,2,7-15H2,1H3. The molecule has 1 aromatic carbocycles. The van der Waals surface area contributed by atoms with Gasteiger partial charge in [-0.2, -0.15) is 0 Å². The molecule has 2 fully saturated rings. The normalized spacial score (nSPS) is 21.9. The molecule has 2 aliphatic heterocycles. The first-order chi connectivity index (χ1) is 13.8. The quantitative estimate of drug-likeness (QED) is 0.665. The summed E-state index contributed by atoms with van der Waals surface area (Å²) in [7, 11) is -3.03. The van der Waals surface area contributed by atoms with Crippen LogP contribution in [0.3, 0.4) is 0 Å². The Hall–Kier alpha value is -2.00. The van der Waals surface area contributed by atoms with E-state index in [4.69, 9.17) is 0 Å². The lowest BCUT2D eigenvalue weighted by Crippen LogP contribution is -2.53. The summed E-state index contributed by atoms with van der Waals surface area (Å²) in [5, 5.41) is 0. The second kappa shape index (κ2) is 9.21. The molecule has 0 saturated carbocycles. The summed E-state index contributed by atoms with van der Waals surface area (Å²) in [4.78, 5) is 30.6. The first-order valence-electron chi connectivity index (χ1n) is 10.0. The SMILES string of the molecule is CCN(C(=O)CN1CCN(C(=O)Cc2ccc(F)cc2)CC1)C1CCS(=O)(=O)C1. The molecule has 0 aliphatic carbocycles. The maximum Gasteiger partial charge on any atom is 0.237 e. The Morgan fingerprint density at radius 1 is 1.14 bits per heavy atom. The maximum atomic E-state index is 13.0. The second-order valence-corrected chi connectivity index (χ2v) is 9.93. The fourth-order valence-electron chi connectivity index (χ4n) is 3.99. The van der Waals surface area contributed by atoms with Gasteiger partial charge in [0.25, 0.3) is 0 Å². The topological polar surface area (TPSA) is 78.0 Å². The molecule has 0 bridgehead atoms. The molecule has 2 saturated heterocycles. The molecule has 2 amide bonds. The van der Waals surface area contributed by atoms with Crippen molar-refractivity contribution in [1.29, 1.82) is 0 Å². The molecule has 160 valence electrons. The monoisotopic (exact) mass is 425 g/mol. The minimum absolute atomic E-state index is 0.00562. The second-order valence-electron chi connectivity index (χ2n) is 7.70. The van der Waals surface area contributed by atoms with Crippen LogP contribution in [0.1, 0.15) is 18.9 Å². The highest BCUT2D eigenvalue weighted by Crippen LogP contribution is 2.18. The predicted octanol–water partition coefficient (Wildman–Crippen LogP) is 0.548. The van der Waals surface area contributed by atoms with Gasteiger partial charge in [0.1, 0.15) is 5.82 Å². The highest BCUT2D eigenvalue weighted by atomic mass is 32.2. The molecule has 7 nitrogen and oxygen atoms in total. The first kappa shape index (κ1) is 21.7. The van der Waals surface area contributed by atoms with E-state index in [2.05, 4.69) is 0 Å². The molecular formula is C20H28FN3O4S. The van der Waals surface area contributed by atoms with E-state index in [1.807, 2.05) is 11.8 Å². The number of amides is 2. The van der Waals surface area contributed by atoms with Crippen LogP contribution in [0.25, 0.3) is 0 Å². The minimum atomic E-state index is -3.03. The van der Waals surface area contributed by atoms with Crippen molar-refractivity contribution in [3.8, 4) is 0 Å². The third-order valence-corrected chi connectivity index (χ3v) is 7.41. The van der Waals surface area contributed by atoms with Crippen LogP contribution in [0.5, 0.6) is 0 Å². The molecule has 29 heavy (non-hydrogen) atoms. The average molecular weight is 426 g/mol. The van der Waals surface area contributed by atoms with E-state index in [1.54, 1.807) is 21.9 Å². The summed E-state index contributed by atoms with van der Waals surface area (Å²) in [6, 6.07) is 5.70. The van der Waals surface area contributed by atoms with Crippen molar-refractivity contribution in [2.24, 2.45) is 0 Å². The molecule has 0 spiro atoms. The first-order valence-corrected chi connectivity index (χ1v) is 11.8. The Labute approximate surface area is 171 Å². The summed E-state index contributed by atoms with van der Waals surface area (Å²) >= 11 is 0. The molecule has 2 aliphatic rings. The third-order valence-electron chi connectivity index (χ3n) is 5.66. The van der Waals surface area contributed by atoms with Gasteiger partial charge in [-0.05, 0) is 31.0 Å². The Balaban J connectivity index is 1.46. The third kappa shape index (κ3) is 5.76. The van der Waals surface area contributed by atoms with Gasteiger partial charge in [0, 0.05) is 38.8 Å². The van der Waals surface area contributed by atoms with Crippen molar-refractivity contribution in [2.75, 3.05) is 50.8 Å². The number of rotatable bonds is 6. The molecule has 9 heteroatoms. The minimum Gasteiger partial charge on any atom is -0.340 e. The fourth-order valence-corrected chi connectivity index (χ4v) is 5.72. The van der Waals surface area contributed by atoms with Crippen LogP contribution < -0.4 is 0 Å². The van der Waals surface area contributed by atoms with Gasteiger partial charge in [0.2, 0.25) is 11.8 Å². The van der Waals surface area contributed by atoms with Crippen molar-refractivity contribution >= 4 is 21.7 Å². The summed E-state index contributed by atoms with van der Waals surface area (Å²) in [5.41, 5.74) is 0.777. The zero-order valence-corrected chi connectivity index (χ0v) is 17.5. The van der Waals surface area contributed by atoms with Gasteiger partial charge < -0.3 is 9.80 Å². The zero-order valence-electron chi connectivity index (χ0n) is 16.7.